The number of nitro groups is 1. The van der Waals surface area contributed by atoms with Gasteiger partial charge in [-0.3, -0.25) is 14.9 Å². The maximum Gasteiger partial charge on any atom is 0.271 e. The predicted molar refractivity (Wildman–Crippen MR) is 106 cm³/mol. The van der Waals surface area contributed by atoms with E-state index in [-0.39, 0.29) is 23.6 Å². The second kappa shape index (κ2) is 7.67. The van der Waals surface area contributed by atoms with Crippen LogP contribution in [0.25, 0.3) is 17.1 Å². The van der Waals surface area contributed by atoms with E-state index in [1.807, 2.05) is 50.7 Å². The van der Waals surface area contributed by atoms with E-state index in [1.165, 1.54) is 16.8 Å². The molecule has 0 aliphatic carbocycles. The number of benzene rings is 1. The number of nitrogens with one attached hydrogen (secondary N) is 1. The highest BCUT2D eigenvalue weighted by Crippen LogP contribution is 2.24. The molecule has 1 aromatic carbocycles. The summed E-state index contributed by atoms with van der Waals surface area (Å²) in [7, 11) is 1.89. The summed E-state index contributed by atoms with van der Waals surface area (Å²) in [5, 5.41) is 18.7. The van der Waals surface area contributed by atoms with Gasteiger partial charge in [-0.25, -0.2) is 4.68 Å². The van der Waals surface area contributed by atoms with Gasteiger partial charge in [-0.05, 0) is 37.1 Å². The lowest BCUT2D eigenvalue weighted by Crippen LogP contribution is -2.37. The SMILES string of the molecule is CC(C)C(C)NC(=O)c1cc(-c2cccn2C)nn1-c1cccc([N+](=O)[O-])c1. The molecule has 0 aliphatic rings. The van der Waals surface area contributed by atoms with Crippen molar-refractivity contribution >= 4 is 11.6 Å². The van der Waals surface area contributed by atoms with Gasteiger partial charge >= 0.3 is 0 Å². The molecule has 3 aromatic rings. The Hall–Kier alpha value is -3.42. The molecule has 146 valence electrons. The number of aryl methyl sites for hydroxylation is 1. The molecule has 0 spiro atoms. The quantitative estimate of drug-likeness (QED) is 0.522. The zero-order valence-electron chi connectivity index (χ0n) is 16.3. The Morgan fingerprint density at radius 2 is 1.93 bits per heavy atom. The average Bonchev–Trinajstić information content (AvgIpc) is 3.27. The number of carbonyl (C=O) groups excluding carboxylic acids is 1. The Labute approximate surface area is 162 Å². The van der Waals surface area contributed by atoms with Crippen molar-refractivity contribution in [1.82, 2.24) is 19.7 Å². The third-order valence-electron chi connectivity index (χ3n) is 4.79. The highest BCUT2D eigenvalue weighted by molar-refractivity contribution is 5.94. The Balaban J connectivity index is 2.10. The molecule has 0 saturated carbocycles. The zero-order chi connectivity index (χ0) is 20.4. The number of carbonyl (C=O) groups is 1. The Morgan fingerprint density at radius 3 is 2.54 bits per heavy atom. The minimum absolute atomic E-state index is 0.0283. The number of amides is 1. The van der Waals surface area contributed by atoms with Crippen molar-refractivity contribution < 1.29 is 9.72 Å². The van der Waals surface area contributed by atoms with E-state index in [2.05, 4.69) is 10.4 Å². The van der Waals surface area contributed by atoms with Crippen molar-refractivity contribution in [3.63, 3.8) is 0 Å². The molecule has 1 unspecified atom stereocenters. The molecule has 1 atom stereocenters. The number of hydrogen-bond donors (Lipinski definition) is 1. The second-order valence-corrected chi connectivity index (χ2v) is 7.11. The molecule has 0 saturated heterocycles. The minimum atomic E-state index is -0.467. The van der Waals surface area contributed by atoms with Crippen LogP contribution in [0.1, 0.15) is 31.3 Å². The maximum absolute atomic E-state index is 12.9. The number of hydrogen-bond acceptors (Lipinski definition) is 4. The fraction of sp³-hybridized carbons (Fsp3) is 0.300. The standard InChI is InChI=1S/C20H23N5O3/c1-13(2)14(3)21-20(26)19-12-17(18-9-6-10-23(18)4)22-24(19)15-7-5-8-16(11-15)25(27)28/h5-14H,1-4H3,(H,21,26). The van der Waals surface area contributed by atoms with Crippen LogP contribution in [-0.2, 0) is 7.05 Å². The van der Waals surface area contributed by atoms with Crippen LogP contribution in [-0.4, -0.2) is 31.2 Å². The Bertz CT molecular complexity index is 1020. The van der Waals surface area contributed by atoms with E-state index in [9.17, 15) is 14.9 Å². The lowest BCUT2D eigenvalue weighted by molar-refractivity contribution is -0.384. The molecular formula is C20H23N5O3. The van der Waals surface area contributed by atoms with Crippen molar-refractivity contribution in [1.29, 1.82) is 0 Å². The summed E-state index contributed by atoms with van der Waals surface area (Å²) in [5.74, 6) is -0.00820. The van der Waals surface area contributed by atoms with Crippen molar-refractivity contribution in [3.8, 4) is 17.1 Å². The van der Waals surface area contributed by atoms with Crippen molar-refractivity contribution in [2.75, 3.05) is 0 Å². The monoisotopic (exact) mass is 381 g/mol. The van der Waals surface area contributed by atoms with Gasteiger partial charge in [-0.15, -0.1) is 0 Å². The lowest BCUT2D eigenvalue weighted by Gasteiger charge is -2.17. The van der Waals surface area contributed by atoms with Crippen LogP contribution < -0.4 is 5.32 Å². The van der Waals surface area contributed by atoms with E-state index in [1.54, 1.807) is 18.2 Å². The van der Waals surface area contributed by atoms with E-state index in [0.717, 1.165) is 5.69 Å². The normalized spacial score (nSPS) is 12.2. The van der Waals surface area contributed by atoms with Crippen LogP contribution in [0.3, 0.4) is 0 Å². The molecule has 0 radical (unpaired) electrons. The molecule has 0 fully saturated rings. The summed E-state index contributed by atoms with van der Waals surface area (Å²) in [6.45, 7) is 5.99. The van der Waals surface area contributed by atoms with Crippen LogP contribution >= 0.6 is 0 Å². The minimum Gasteiger partial charge on any atom is -0.349 e. The maximum atomic E-state index is 12.9. The van der Waals surface area contributed by atoms with Crippen molar-refractivity contribution in [2.24, 2.45) is 13.0 Å². The summed E-state index contributed by atoms with van der Waals surface area (Å²) in [6, 6.07) is 11.6. The summed E-state index contributed by atoms with van der Waals surface area (Å²) in [6.07, 6.45) is 1.89. The fourth-order valence-corrected chi connectivity index (χ4v) is 2.78. The van der Waals surface area contributed by atoms with Gasteiger partial charge in [0.2, 0.25) is 0 Å². The predicted octanol–water partition coefficient (Wildman–Crippen LogP) is 3.56. The van der Waals surface area contributed by atoms with Crippen LogP contribution in [0.15, 0.2) is 48.7 Å². The van der Waals surface area contributed by atoms with Gasteiger partial charge in [-0.2, -0.15) is 5.10 Å². The summed E-state index contributed by atoms with van der Waals surface area (Å²) in [5.41, 5.74) is 2.17. The molecule has 2 aromatic heterocycles. The van der Waals surface area contributed by atoms with Crippen molar-refractivity contribution in [3.05, 3.63) is 64.5 Å². The summed E-state index contributed by atoms with van der Waals surface area (Å²) < 4.78 is 3.36. The third kappa shape index (κ3) is 3.80. The van der Waals surface area contributed by atoms with Crippen molar-refractivity contribution in [2.45, 2.75) is 26.8 Å². The topological polar surface area (TPSA) is 95.0 Å². The molecule has 8 heteroatoms. The summed E-state index contributed by atoms with van der Waals surface area (Å²) in [4.78, 5) is 23.6. The highest BCUT2D eigenvalue weighted by Gasteiger charge is 2.21. The van der Waals surface area contributed by atoms with E-state index in [4.69, 9.17) is 0 Å². The molecule has 0 aliphatic heterocycles. The second-order valence-electron chi connectivity index (χ2n) is 7.11. The van der Waals surface area contributed by atoms with E-state index < -0.39 is 4.92 Å². The van der Waals surface area contributed by atoms with Gasteiger partial charge in [0.1, 0.15) is 11.4 Å². The van der Waals surface area contributed by atoms with Gasteiger partial charge in [0.25, 0.3) is 11.6 Å². The summed E-state index contributed by atoms with van der Waals surface area (Å²) >= 11 is 0. The first kappa shape index (κ1) is 19.3. The van der Waals surface area contributed by atoms with Gasteiger partial charge in [0.05, 0.1) is 16.3 Å². The lowest BCUT2D eigenvalue weighted by atomic mass is 10.1. The molecule has 8 nitrogen and oxygen atoms in total. The first-order valence-electron chi connectivity index (χ1n) is 9.05. The van der Waals surface area contributed by atoms with E-state index >= 15 is 0 Å². The highest BCUT2D eigenvalue weighted by atomic mass is 16.6. The molecule has 1 N–H and O–H groups in total. The molecular weight excluding hydrogens is 358 g/mol. The number of nitrogens with zero attached hydrogens (tertiary/aromatic N) is 4. The zero-order valence-corrected chi connectivity index (χ0v) is 16.3. The number of rotatable bonds is 6. The molecule has 1 amide bonds. The van der Waals surface area contributed by atoms with Crippen LogP contribution in [0.2, 0.25) is 0 Å². The molecule has 0 bridgehead atoms. The Morgan fingerprint density at radius 1 is 1.18 bits per heavy atom. The van der Waals surface area contributed by atoms with Crippen LogP contribution in [0.5, 0.6) is 0 Å². The number of aromatic nitrogens is 3. The Kier molecular flexibility index (Phi) is 5.30. The third-order valence-corrected chi connectivity index (χ3v) is 4.79. The molecule has 3 rings (SSSR count). The smallest absolute Gasteiger partial charge is 0.271 e. The van der Waals surface area contributed by atoms with E-state index in [0.29, 0.717) is 17.1 Å². The largest absolute Gasteiger partial charge is 0.349 e. The number of non-ortho nitro benzene ring substituents is 1. The first-order chi connectivity index (χ1) is 13.3. The first-order valence-corrected chi connectivity index (χ1v) is 9.05. The van der Waals surface area contributed by atoms with Gasteiger partial charge in [-0.1, -0.05) is 19.9 Å². The van der Waals surface area contributed by atoms with Crippen LogP contribution in [0.4, 0.5) is 5.69 Å². The van der Waals surface area contributed by atoms with Gasteiger partial charge in [0.15, 0.2) is 0 Å². The molecule has 28 heavy (non-hydrogen) atoms. The number of nitro benzene ring substituents is 1. The van der Waals surface area contributed by atoms with Gasteiger partial charge < -0.3 is 9.88 Å². The van der Waals surface area contributed by atoms with Gasteiger partial charge in [0, 0.05) is 31.4 Å². The fourth-order valence-electron chi connectivity index (χ4n) is 2.78. The van der Waals surface area contributed by atoms with Crippen LogP contribution in [0, 0.1) is 16.0 Å². The molecule has 2 heterocycles. The average molecular weight is 381 g/mol.